The fraction of sp³-hybridized carbons (Fsp3) is 0.963. The van der Waals surface area contributed by atoms with E-state index in [0.717, 1.165) is 30.6 Å². The summed E-state index contributed by atoms with van der Waals surface area (Å²) >= 11 is 0. The topological polar surface area (TPSA) is 73.1 Å². The van der Waals surface area contributed by atoms with Crippen LogP contribution in [0, 0.1) is 46.3 Å². The maximum atomic E-state index is 11.8. The quantitative estimate of drug-likeness (QED) is 0.366. The van der Waals surface area contributed by atoms with Gasteiger partial charge in [-0.1, -0.05) is 59.0 Å². The third-order valence-electron chi connectivity index (χ3n) is 11.0. The second-order valence-electron chi connectivity index (χ2n) is 12.8. The van der Waals surface area contributed by atoms with E-state index >= 15 is 0 Å². The molecule has 9 atom stereocenters. The van der Waals surface area contributed by atoms with Crippen molar-refractivity contribution in [1.82, 2.24) is 0 Å². The van der Waals surface area contributed by atoms with E-state index in [1.165, 1.54) is 44.9 Å². The van der Waals surface area contributed by atoms with Gasteiger partial charge in [0.1, 0.15) is 5.60 Å². The summed E-state index contributed by atoms with van der Waals surface area (Å²) in [5.74, 6) is 3.98. The fourth-order valence-electron chi connectivity index (χ4n) is 9.19. The first-order valence-electron chi connectivity index (χ1n) is 13.2. The van der Waals surface area contributed by atoms with Crippen LogP contribution in [0.15, 0.2) is 5.16 Å². The van der Waals surface area contributed by atoms with E-state index < -0.39 is 11.7 Å². The molecule has 0 aromatic heterocycles. The summed E-state index contributed by atoms with van der Waals surface area (Å²) < 4.78 is 0. The second-order valence-corrected chi connectivity index (χ2v) is 12.8. The van der Waals surface area contributed by atoms with Crippen LogP contribution in [0.4, 0.5) is 0 Å². The highest BCUT2D eigenvalue weighted by atomic mass is 16.4. The Morgan fingerprint density at radius 1 is 1.00 bits per heavy atom. The van der Waals surface area contributed by atoms with Crippen LogP contribution in [0.3, 0.4) is 0 Å². The van der Waals surface area contributed by atoms with E-state index in [-0.39, 0.29) is 5.41 Å². The highest BCUT2D eigenvalue weighted by Gasteiger charge is 2.67. The summed E-state index contributed by atoms with van der Waals surface area (Å²) in [5.41, 5.74) is -0.526. The number of fused-ring (bicyclic) bond motifs is 5. The molecule has 3 N–H and O–H groups in total. The number of hydrogen-bond acceptors (Lipinski definition) is 4. The summed E-state index contributed by atoms with van der Waals surface area (Å²) in [5, 5.41) is 35.7. The van der Waals surface area contributed by atoms with E-state index in [9.17, 15) is 15.4 Å². The molecule has 178 valence electrons. The molecule has 0 bridgehead atoms. The Balaban J connectivity index is 1.57. The van der Waals surface area contributed by atoms with E-state index in [0.29, 0.717) is 41.7 Å². The van der Waals surface area contributed by atoms with Gasteiger partial charge in [-0.25, -0.2) is 0 Å². The molecule has 0 unspecified atom stereocenters. The minimum absolute atomic E-state index is 0.293. The van der Waals surface area contributed by atoms with Crippen molar-refractivity contribution < 1.29 is 15.4 Å². The number of oxime groups is 1. The van der Waals surface area contributed by atoms with Crippen LogP contribution in [-0.4, -0.2) is 32.8 Å². The fourth-order valence-corrected chi connectivity index (χ4v) is 9.19. The zero-order chi connectivity index (χ0) is 22.6. The van der Waals surface area contributed by atoms with Gasteiger partial charge >= 0.3 is 0 Å². The van der Waals surface area contributed by atoms with Crippen molar-refractivity contribution in [2.45, 2.75) is 117 Å². The Bertz CT molecular complexity index is 692. The van der Waals surface area contributed by atoms with Crippen LogP contribution < -0.4 is 0 Å². The third-order valence-corrected chi connectivity index (χ3v) is 11.0. The molecule has 4 saturated carbocycles. The average Bonchev–Trinajstić information content (AvgIpc) is 3.05. The van der Waals surface area contributed by atoms with E-state index in [1.54, 1.807) is 0 Å². The van der Waals surface area contributed by atoms with Crippen LogP contribution >= 0.6 is 0 Å². The molecule has 31 heavy (non-hydrogen) atoms. The lowest BCUT2D eigenvalue weighted by molar-refractivity contribution is -0.170. The average molecular weight is 434 g/mol. The van der Waals surface area contributed by atoms with Gasteiger partial charge in [-0.05, 0) is 85.9 Å². The molecule has 0 spiro atoms. The summed E-state index contributed by atoms with van der Waals surface area (Å²) in [6, 6.07) is 0. The van der Waals surface area contributed by atoms with Crippen molar-refractivity contribution in [3.05, 3.63) is 0 Å². The first kappa shape index (κ1) is 23.5. The smallest absolute Gasteiger partial charge is 0.114 e. The van der Waals surface area contributed by atoms with Gasteiger partial charge in [-0.2, -0.15) is 0 Å². The van der Waals surface area contributed by atoms with Crippen molar-refractivity contribution in [2.75, 3.05) is 0 Å². The predicted molar refractivity (Wildman–Crippen MR) is 125 cm³/mol. The third kappa shape index (κ3) is 3.59. The molecule has 0 aliphatic heterocycles. The molecule has 0 radical (unpaired) electrons. The Morgan fingerprint density at radius 2 is 1.74 bits per heavy atom. The van der Waals surface area contributed by atoms with Crippen molar-refractivity contribution >= 4 is 5.71 Å². The lowest BCUT2D eigenvalue weighted by Gasteiger charge is -2.63. The Morgan fingerprint density at radius 3 is 2.42 bits per heavy atom. The van der Waals surface area contributed by atoms with Crippen molar-refractivity contribution in [2.24, 2.45) is 51.5 Å². The molecule has 4 aliphatic rings. The largest absolute Gasteiger partial charge is 0.411 e. The van der Waals surface area contributed by atoms with Crippen LogP contribution in [0.1, 0.15) is 105 Å². The molecule has 4 heteroatoms. The summed E-state index contributed by atoms with van der Waals surface area (Å²) in [7, 11) is 0. The standard InChI is InChI=1S/C27H47NO3/c1-17(2)7-6-8-18(3)21-9-10-22-20-15-24(28-31)27(30)16-19(29)11-14-26(27,5)23(20)12-13-25(21,22)4/h17-23,29-31H,6-16H2,1-5H3/b28-24-/t18-,19-,20+,21-,22+,23+,25-,26-,27-/m1/s1. The van der Waals surface area contributed by atoms with Crippen LogP contribution in [-0.2, 0) is 0 Å². The monoisotopic (exact) mass is 433 g/mol. The highest BCUT2D eigenvalue weighted by Crippen LogP contribution is 2.68. The number of hydrogen-bond donors (Lipinski definition) is 3. The normalized spacial score (nSPS) is 49.5. The molecular formula is C27H47NO3. The maximum absolute atomic E-state index is 11.8. The van der Waals surface area contributed by atoms with Gasteiger partial charge in [-0.15, -0.1) is 0 Å². The van der Waals surface area contributed by atoms with Gasteiger partial charge in [0.05, 0.1) is 11.8 Å². The van der Waals surface area contributed by atoms with E-state index in [4.69, 9.17) is 0 Å². The summed E-state index contributed by atoms with van der Waals surface area (Å²) in [4.78, 5) is 0. The Kier molecular flexibility index (Phi) is 6.31. The summed E-state index contributed by atoms with van der Waals surface area (Å²) in [6.45, 7) is 11.9. The Labute approximate surface area is 189 Å². The van der Waals surface area contributed by atoms with Crippen molar-refractivity contribution in [3.63, 3.8) is 0 Å². The molecule has 4 nitrogen and oxygen atoms in total. The molecule has 4 fully saturated rings. The first-order chi connectivity index (χ1) is 14.6. The van der Waals surface area contributed by atoms with Gasteiger partial charge in [0.15, 0.2) is 0 Å². The minimum atomic E-state index is -1.16. The number of aliphatic hydroxyl groups excluding tert-OH is 1. The Hall–Kier alpha value is -0.610. The molecule has 0 amide bonds. The number of rotatable bonds is 5. The summed E-state index contributed by atoms with van der Waals surface area (Å²) in [6.07, 6.45) is 11.2. The molecular weight excluding hydrogens is 386 g/mol. The highest BCUT2D eigenvalue weighted by molar-refractivity contribution is 5.94. The number of aliphatic hydroxyl groups is 2. The predicted octanol–water partition coefficient (Wildman–Crippen LogP) is 6.02. The van der Waals surface area contributed by atoms with Gasteiger partial charge in [0, 0.05) is 11.8 Å². The number of nitrogens with zero attached hydrogens (tertiary/aromatic N) is 1. The van der Waals surface area contributed by atoms with Gasteiger partial charge in [0.2, 0.25) is 0 Å². The molecule has 0 saturated heterocycles. The van der Waals surface area contributed by atoms with Crippen LogP contribution in [0.2, 0.25) is 0 Å². The molecule has 4 aliphatic carbocycles. The van der Waals surface area contributed by atoms with Gasteiger partial charge in [-0.3, -0.25) is 0 Å². The first-order valence-corrected chi connectivity index (χ1v) is 13.2. The second kappa shape index (κ2) is 8.31. The lowest BCUT2D eigenvalue weighted by atomic mass is 9.42. The maximum Gasteiger partial charge on any atom is 0.114 e. The van der Waals surface area contributed by atoms with Gasteiger partial charge in [0.25, 0.3) is 0 Å². The van der Waals surface area contributed by atoms with E-state index in [1.807, 2.05) is 0 Å². The zero-order valence-corrected chi connectivity index (χ0v) is 20.6. The zero-order valence-electron chi connectivity index (χ0n) is 20.6. The van der Waals surface area contributed by atoms with Crippen LogP contribution in [0.25, 0.3) is 0 Å². The van der Waals surface area contributed by atoms with Crippen molar-refractivity contribution in [1.29, 1.82) is 0 Å². The molecule has 0 aromatic rings. The van der Waals surface area contributed by atoms with Crippen LogP contribution in [0.5, 0.6) is 0 Å². The van der Waals surface area contributed by atoms with Gasteiger partial charge < -0.3 is 15.4 Å². The van der Waals surface area contributed by atoms with E-state index in [2.05, 4.69) is 39.8 Å². The SMILES string of the molecule is CC(C)CCC[C@@H](C)[C@H]1CC[C@H]2[C@@H]3C/C(=N/O)[C@]4(O)C[C@H](O)CC[C@]4(C)[C@H]3CC[C@]12C. The molecule has 0 aromatic carbocycles. The molecule has 4 rings (SSSR count). The van der Waals surface area contributed by atoms with Crippen molar-refractivity contribution in [3.8, 4) is 0 Å². The lowest BCUT2D eigenvalue weighted by Crippen LogP contribution is -2.67. The molecule has 0 heterocycles. The minimum Gasteiger partial charge on any atom is -0.411 e.